The van der Waals surface area contributed by atoms with E-state index < -0.39 is 76.4 Å². The number of hydrogen-bond acceptors (Lipinski definition) is 3. The second-order valence-corrected chi connectivity index (χ2v) is 11.2. The molecule has 1 fully saturated rings. The maximum absolute atomic E-state index is 15.0. The van der Waals surface area contributed by atoms with Crippen LogP contribution in [-0.2, 0) is 12.5 Å². The van der Waals surface area contributed by atoms with Crippen LogP contribution in [0.25, 0.3) is 0 Å². The van der Waals surface area contributed by atoms with E-state index in [9.17, 15) is 43.9 Å². The molecule has 0 N–H and O–H groups in total. The van der Waals surface area contributed by atoms with Gasteiger partial charge in [-0.3, -0.25) is 0 Å². The highest BCUT2D eigenvalue weighted by Gasteiger charge is 2.46. The summed E-state index contributed by atoms with van der Waals surface area (Å²) in [6, 6.07) is 4.63. The summed E-state index contributed by atoms with van der Waals surface area (Å²) in [5.74, 6) is -15.4. The Balaban J connectivity index is 1.42. The molecule has 0 heterocycles. The van der Waals surface area contributed by atoms with E-state index in [0.717, 1.165) is 24.8 Å². The first-order valence-corrected chi connectivity index (χ1v) is 14.6. The molecule has 258 valence electrons. The number of hydrogen-bond donors (Lipinski definition) is 0. The normalized spacial score (nSPS) is 17.5. The van der Waals surface area contributed by atoms with Crippen LogP contribution in [0.5, 0.6) is 17.2 Å². The Labute approximate surface area is 261 Å². The smallest absolute Gasteiger partial charge is 0.432 e. The minimum absolute atomic E-state index is 0.0219. The Hall–Kier alpha value is -3.78. The van der Waals surface area contributed by atoms with Crippen LogP contribution in [0.2, 0.25) is 0 Å². The number of unbranched alkanes of at least 4 members (excludes halogenated alkanes) is 2. The molecule has 1 saturated carbocycles. The summed E-state index contributed by atoms with van der Waals surface area (Å²) in [5.41, 5.74) is -0.936. The average Bonchev–Trinajstić information content (AvgIpc) is 2.94. The summed E-state index contributed by atoms with van der Waals surface area (Å²) in [7, 11) is 0. The molecule has 0 bridgehead atoms. The van der Waals surface area contributed by atoms with Crippen LogP contribution < -0.4 is 14.2 Å². The van der Waals surface area contributed by atoms with Crippen molar-refractivity contribution in [2.24, 2.45) is 5.92 Å². The molecule has 3 aromatic carbocycles. The van der Waals surface area contributed by atoms with E-state index in [1.165, 1.54) is 6.07 Å². The summed E-state index contributed by atoms with van der Waals surface area (Å²) < 4.78 is 180. The Morgan fingerprint density at radius 2 is 1.19 bits per heavy atom. The molecule has 1 aliphatic rings. The lowest BCUT2D eigenvalue weighted by Gasteiger charge is -2.33. The number of aryl methyl sites for hydroxylation is 1. The summed E-state index contributed by atoms with van der Waals surface area (Å²) in [6.07, 6.45) is -10.9. The first kappa shape index (κ1) is 36.1. The Morgan fingerprint density at radius 1 is 0.638 bits per heavy atom. The van der Waals surface area contributed by atoms with E-state index in [4.69, 9.17) is 0 Å². The number of alkyl halides is 7. The highest BCUT2D eigenvalue weighted by molar-refractivity contribution is 5.37. The minimum atomic E-state index is -5.54. The van der Waals surface area contributed by atoms with Crippen LogP contribution in [-0.4, -0.2) is 12.5 Å². The average molecular weight is 689 g/mol. The van der Waals surface area contributed by atoms with Crippen LogP contribution in [0.15, 0.2) is 42.5 Å². The van der Waals surface area contributed by atoms with E-state index in [2.05, 4.69) is 14.2 Å². The molecule has 0 aliphatic heterocycles. The van der Waals surface area contributed by atoms with Gasteiger partial charge in [0.05, 0.1) is 5.92 Å². The summed E-state index contributed by atoms with van der Waals surface area (Å²) in [6.45, 7) is 2.05. The fourth-order valence-electron chi connectivity index (χ4n) is 5.51. The SMILES string of the molecule is CCCCCc1ccc(C2CCC(C(F)(F)Oc3cc(F)c(C(F)(F)Oc4cc(F)c(OC(F)(F)F)c(F)c4)c(F)c3)CC2)c(F)c1. The molecular formula is C32H28F12O3. The monoisotopic (exact) mass is 688 g/mol. The van der Waals surface area contributed by atoms with Gasteiger partial charge in [0, 0.05) is 24.3 Å². The molecule has 1 aliphatic carbocycles. The number of halogens is 12. The molecule has 47 heavy (non-hydrogen) atoms. The fourth-order valence-corrected chi connectivity index (χ4v) is 5.51. The van der Waals surface area contributed by atoms with Crippen molar-refractivity contribution < 1.29 is 66.9 Å². The molecule has 0 amide bonds. The molecule has 0 radical (unpaired) electrons. The third-order valence-corrected chi connectivity index (χ3v) is 7.77. The van der Waals surface area contributed by atoms with Gasteiger partial charge in [0.2, 0.25) is 5.75 Å². The fraction of sp³-hybridized carbons (Fsp3) is 0.438. The van der Waals surface area contributed by atoms with Gasteiger partial charge in [-0.25, -0.2) is 22.0 Å². The lowest BCUT2D eigenvalue weighted by molar-refractivity contribution is -0.276. The molecule has 0 unspecified atom stereocenters. The van der Waals surface area contributed by atoms with Crippen LogP contribution >= 0.6 is 0 Å². The van der Waals surface area contributed by atoms with Gasteiger partial charge >= 0.3 is 18.6 Å². The van der Waals surface area contributed by atoms with E-state index in [-0.39, 0.29) is 55.9 Å². The highest BCUT2D eigenvalue weighted by atomic mass is 19.4. The van der Waals surface area contributed by atoms with Gasteiger partial charge in [0.25, 0.3) is 0 Å². The Kier molecular flexibility index (Phi) is 10.9. The zero-order valence-electron chi connectivity index (χ0n) is 24.6. The molecule has 15 heteroatoms. The van der Waals surface area contributed by atoms with Crippen LogP contribution in [0.3, 0.4) is 0 Å². The largest absolute Gasteiger partial charge is 0.573 e. The van der Waals surface area contributed by atoms with Gasteiger partial charge in [-0.05, 0) is 61.6 Å². The predicted molar refractivity (Wildman–Crippen MR) is 144 cm³/mol. The van der Waals surface area contributed by atoms with E-state index in [0.29, 0.717) is 12.0 Å². The second-order valence-electron chi connectivity index (χ2n) is 11.2. The van der Waals surface area contributed by atoms with Crippen molar-refractivity contribution in [2.75, 3.05) is 0 Å². The highest BCUT2D eigenvalue weighted by Crippen LogP contribution is 2.45. The quantitative estimate of drug-likeness (QED) is 0.140. The van der Waals surface area contributed by atoms with Gasteiger partial charge < -0.3 is 14.2 Å². The number of rotatable bonds is 12. The van der Waals surface area contributed by atoms with Gasteiger partial charge in [-0.1, -0.05) is 31.9 Å². The molecule has 0 aromatic heterocycles. The van der Waals surface area contributed by atoms with Gasteiger partial charge in [-0.2, -0.15) is 17.6 Å². The van der Waals surface area contributed by atoms with Gasteiger partial charge in [0.1, 0.15) is 34.5 Å². The molecule has 3 nitrogen and oxygen atoms in total. The third kappa shape index (κ3) is 8.98. The standard InChI is InChI=1S/C32H28F12O3/c1-2-3-4-5-17-6-11-22(23(33)12-17)18-7-9-19(10-8-18)30(38,39)45-20-13-24(34)28(25(35)14-20)31(40,41)46-21-15-26(36)29(27(37)16-21)47-32(42,43)44/h6,11-16,18-19H,2-5,7-10H2,1H3. The van der Waals surface area contributed by atoms with Crippen LogP contribution in [0.1, 0.15) is 74.5 Å². The zero-order valence-corrected chi connectivity index (χ0v) is 24.6. The van der Waals surface area contributed by atoms with Gasteiger partial charge in [-0.15, -0.1) is 13.2 Å². The van der Waals surface area contributed by atoms with Crippen molar-refractivity contribution in [3.63, 3.8) is 0 Å². The third-order valence-electron chi connectivity index (χ3n) is 7.77. The maximum atomic E-state index is 15.0. The van der Waals surface area contributed by atoms with Crippen molar-refractivity contribution in [3.8, 4) is 17.2 Å². The molecule has 0 atom stereocenters. The predicted octanol–water partition coefficient (Wildman–Crippen LogP) is 11.1. The van der Waals surface area contributed by atoms with Crippen LogP contribution in [0, 0.1) is 35.0 Å². The van der Waals surface area contributed by atoms with E-state index in [1.807, 2.05) is 6.92 Å². The lowest BCUT2D eigenvalue weighted by Crippen LogP contribution is -2.37. The molecule has 3 aromatic rings. The lowest BCUT2D eigenvalue weighted by atomic mass is 9.78. The van der Waals surface area contributed by atoms with E-state index >= 15 is 8.78 Å². The molecule has 0 spiro atoms. The molecule has 4 rings (SSSR count). The second kappa shape index (κ2) is 14.1. The topological polar surface area (TPSA) is 27.7 Å². The first-order valence-electron chi connectivity index (χ1n) is 14.6. The van der Waals surface area contributed by atoms with Crippen molar-refractivity contribution in [2.45, 2.75) is 82.8 Å². The minimum Gasteiger partial charge on any atom is -0.432 e. The van der Waals surface area contributed by atoms with Crippen LogP contribution in [0.4, 0.5) is 52.7 Å². The van der Waals surface area contributed by atoms with Crippen molar-refractivity contribution in [1.29, 1.82) is 0 Å². The van der Waals surface area contributed by atoms with Crippen molar-refractivity contribution in [3.05, 3.63) is 88.2 Å². The summed E-state index contributed by atoms with van der Waals surface area (Å²) in [4.78, 5) is 0. The number of ether oxygens (including phenoxy) is 3. The maximum Gasteiger partial charge on any atom is 0.573 e. The summed E-state index contributed by atoms with van der Waals surface area (Å²) >= 11 is 0. The van der Waals surface area contributed by atoms with E-state index in [1.54, 1.807) is 12.1 Å². The molecular weight excluding hydrogens is 660 g/mol. The van der Waals surface area contributed by atoms with Gasteiger partial charge in [0.15, 0.2) is 11.6 Å². The number of benzene rings is 3. The van der Waals surface area contributed by atoms with Crippen molar-refractivity contribution >= 4 is 0 Å². The Morgan fingerprint density at radius 3 is 1.72 bits per heavy atom. The molecule has 0 saturated heterocycles. The first-order chi connectivity index (χ1) is 21.9. The van der Waals surface area contributed by atoms with Crippen molar-refractivity contribution in [1.82, 2.24) is 0 Å². The summed E-state index contributed by atoms with van der Waals surface area (Å²) in [5, 5.41) is 0. The zero-order chi connectivity index (χ0) is 34.7. The Bertz CT molecular complexity index is 1500.